The Morgan fingerprint density at radius 2 is 1.83 bits per heavy atom. The van der Waals surface area contributed by atoms with Crippen LogP contribution in [0.1, 0.15) is 5.82 Å². The lowest BCUT2D eigenvalue weighted by Gasteiger charge is -2.12. The molecule has 0 atom stereocenters. The molecule has 172 valence electrons. The predicted octanol–water partition coefficient (Wildman–Crippen LogP) is 3.08. The van der Waals surface area contributed by atoms with Crippen LogP contribution in [0.15, 0.2) is 73.2 Å². The summed E-state index contributed by atoms with van der Waals surface area (Å²) in [4.78, 5) is 21.5. The van der Waals surface area contributed by atoms with E-state index in [1.54, 1.807) is 35.4 Å². The molecule has 0 bridgehead atoms. The van der Waals surface area contributed by atoms with Gasteiger partial charge in [0.2, 0.25) is 11.8 Å². The molecule has 2 N–H and O–H groups in total. The van der Waals surface area contributed by atoms with Crippen molar-refractivity contribution in [3.05, 3.63) is 90.4 Å². The molecule has 0 aliphatic rings. The van der Waals surface area contributed by atoms with E-state index in [2.05, 4.69) is 40.4 Å². The maximum atomic E-state index is 7.39. The molecule has 0 fully saturated rings. The molecule has 36 heavy (non-hydrogen) atoms. The van der Waals surface area contributed by atoms with Crippen molar-refractivity contribution in [1.29, 1.82) is 0 Å². The molecule has 6 rings (SSSR count). The molecule has 0 amide bonds. The predicted molar refractivity (Wildman–Crippen MR) is 130 cm³/mol. The average molecular weight is 472 g/mol. The minimum Gasteiger partial charge on any atom is -0.368 e. The van der Waals surface area contributed by atoms with Crippen molar-refractivity contribution < 1.29 is 0 Å². The van der Waals surface area contributed by atoms with Crippen LogP contribution in [0.2, 0.25) is 0 Å². The van der Waals surface area contributed by atoms with Crippen LogP contribution in [0, 0.1) is 6.57 Å². The summed E-state index contributed by atoms with van der Waals surface area (Å²) in [6.45, 7) is 7.59. The van der Waals surface area contributed by atoms with Gasteiger partial charge in [-0.3, -0.25) is 9.97 Å². The molecule has 0 spiro atoms. The summed E-state index contributed by atoms with van der Waals surface area (Å²) in [6, 6.07) is 16.5. The van der Waals surface area contributed by atoms with Crippen LogP contribution in [-0.2, 0) is 6.54 Å². The molecule has 5 heterocycles. The van der Waals surface area contributed by atoms with Gasteiger partial charge in [0.15, 0.2) is 17.2 Å². The topological polar surface area (TPSA) is 143 Å². The second-order valence-electron chi connectivity index (χ2n) is 7.73. The Labute approximate surface area is 204 Å². The van der Waals surface area contributed by atoms with E-state index in [-0.39, 0.29) is 12.5 Å². The average Bonchev–Trinajstić information content (AvgIpc) is 3.57. The quantitative estimate of drug-likeness (QED) is 0.374. The molecule has 0 aliphatic carbocycles. The molecule has 12 nitrogen and oxygen atoms in total. The van der Waals surface area contributed by atoms with E-state index in [0.717, 1.165) is 11.1 Å². The van der Waals surface area contributed by atoms with Gasteiger partial charge < -0.3 is 5.73 Å². The van der Waals surface area contributed by atoms with Gasteiger partial charge in [0.25, 0.3) is 0 Å². The Morgan fingerprint density at radius 3 is 2.64 bits per heavy atom. The first kappa shape index (κ1) is 21.0. The third-order valence-corrected chi connectivity index (χ3v) is 5.49. The van der Waals surface area contributed by atoms with Crippen molar-refractivity contribution in [1.82, 2.24) is 49.8 Å². The summed E-state index contributed by atoms with van der Waals surface area (Å²) >= 11 is 0. The van der Waals surface area contributed by atoms with E-state index < -0.39 is 0 Å². The number of anilines is 1. The van der Waals surface area contributed by atoms with Gasteiger partial charge in [-0.1, -0.05) is 24.3 Å². The zero-order chi connectivity index (χ0) is 24.5. The minimum atomic E-state index is 0.159. The van der Waals surface area contributed by atoms with Gasteiger partial charge in [-0.15, -0.1) is 10.2 Å². The number of pyridine rings is 2. The van der Waals surface area contributed by atoms with Crippen molar-refractivity contribution in [3.63, 3.8) is 0 Å². The lowest BCUT2D eigenvalue weighted by molar-refractivity contribution is 0.627. The van der Waals surface area contributed by atoms with Gasteiger partial charge in [-0.25, -0.2) is 19.5 Å². The Hall–Kier alpha value is -5.57. The zero-order valence-corrected chi connectivity index (χ0v) is 18.6. The molecule has 0 aliphatic heterocycles. The highest BCUT2D eigenvalue weighted by Crippen LogP contribution is 2.35. The van der Waals surface area contributed by atoms with Crippen LogP contribution < -0.4 is 5.73 Å². The summed E-state index contributed by atoms with van der Waals surface area (Å²) < 4.78 is 3.07. The fourth-order valence-electron chi connectivity index (χ4n) is 3.91. The number of nitrogens with two attached hydrogens (primary N) is 1. The highest BCUT2D eigenvalue weighted by Gasteiger charge is 2.21. The largest absolute Gasteiger partial charge is 0.368 e. The number of aromatic nitrogens is 10. The normalized spacial score (nSPS) is 11.0. The van der Waals surface area contributed by atoms with Crippen molar-refractivity contribution in [3.8, 4) is 33.9 Å². The van der Waals surface area contributed by atoms with Crippen LogP contribution in [0.25, 0.3) is 44.4 Å². The smallest absolute Gasteiger partial charge is 0.223 e. The molecular weight excluding hydrogens is 456 g/mol. The second-order valence-corrected chi connectivity index (χ2v) is 7.73. The summed E-state index contributed by atoms with van der Waals surface area (Å²) in [5.74, 6) is 1.09. The summed E-state index contributed by atoms with van der Waals surface area (Å²) in [5, 5.41) is 16.6. The number of tetrazole rings is 1. The Balaban J connectivity index is 1.52. The number of benzene rings is 1. The number of rotatable bonds is 5. The number of hydrogen-bond acceptors (Lipinski definition) is 9. The molecule has 12 heteroatoms. The zero-order valence-electron chi connectivity index (χ0n) is 18.6. The van der Waals surface area contributed by atoms with E-state index in [0.29, 0.717) is 39.9 Å². The molecule has 0 radical (unpaired) electrons. The number of fused-ring (bicyclic) bond motifs is 1. The van der Waals surface area contributed by atoms with Gasteiger partial charge in [0.1, 0.15) is 12.2 Å². The van der Waals surface area contributed by atoms with Gasteiger partial charge in [0.05, 0.1) is 17.8 Å². The van der Waals surface area contributed by atoms with Crippen molar-refractivity contribution >= 4 is 17.3 Å². The number of nitrogen functional groups attached to an aromatic ring is 1. The molecule has 0 unspecified atom stereocenters. The Morgan fingerprint density at radius 1 is 0.944 bits per heavy atom. The van der Waals surface area contributed by atoms with Crippen molar-refractivity contribution in [2.24, 2.45) is 0 Å². The Bertz CT molecular complexity index is 1730. The van der Waals surface area contributed by atoms with Crippen LogP contribution in [0.5, 0.6) is 0 Å². The van der Waals surface area contributed by atoms with Gasteiger partial charge in [0, 0.05) is 18.6 Å². The molecule has 1 aromatic carbocycles. The summed E-state index contributed by atoms with van der Waals surface area (Å²) in [7, 11) is 0. The van der Waals surface area contributed by atoms with E-state index in [4.69, 9.17) is 17.3 Å². The van der Waals surface area contributed by atoms with Crippen LogP contribution >= 0.6 is 0 Å². The third kappa shape index (κ3) is 3.66. The summed E-state index contributed by atoms with van der Waals surface area (Å²) in [5.41, 5.74) is 10.9. The third-order valence-electron chi connectivity index (χ3n) is 5.49. The van der Waals surface area contributed by atoms with E-state index in [9.17, 15) is 0 Å². The lowest BCUT2D eigenvalue weighted by atomic mass is 10.0. The van der Waals surface area contributed by atoms with E-state index in [1.807, 2.05) is 42.5 Å². The number of hydrogen-bond donors (Lipinski definition) is 1. The van der Waals surface area contributed by atoms with Gasteiger partial charge in [-0.05, 0) is 51.9 Å². The first-order valence-corrected chi connectivity index (χ1v) is 10.8. The maximum absolute atomic E-state index is 7.39. The fraction of sp³-hybridized carbons (Fsp3) is 0.0417. The van der Waals surface area contributed by atoms with Crippen LogP contribution in [0.3, 0.4) is 0 Å². The standard InChI is InChI=1S/C24H16N12/c1-26-17-6-4-5-16(13-17)21-20(15-8-11-27-12-9-15)23-29-19(32-36(23)24(25)30-21)14-35-22(31-33-34-35)18-7-2-3-10-28-18/h2-13H,14H2,(H2,25,30). The van der Waals surface area contributed by atoms with E-state index >= 15 is 0 Å². The van der Waals surface area contributed by atoms with Crippen LogP contribution in [0.4, 0.5) is 11.6 Å². The van der Waals surface area contributed by atoms with Crippen LogP contribution in [-0.4, -0.2) is 49.8 Å². The van der Waals surface area contributed by atoms with E-state index in [1.165, 1.54) is 4.52 Å². The molecule has 5 aromatic heterocycles. The van der Waals surface area contributed by atoms with Crippen molar-refractivity contribution in [2.45, 2.75) is 6.54 Å². The van der Waals surface area contributed by atoms with Gasteiger partial charge in [-0.2, -0.15) is 4.52 Å². The monoisotopic (exact) mass is 472 g/mol. The maximum Gasteiger partial charge on any atom is 0.223 e. The SMILES string of the molecule is [C-]#[N+]c1cccc(-c2nc(N)n3nc(Cn4nnnc4-c4ccccn4)nc3c2-c2ccncc2)c1. The van der Waals surface area contributed by atoms with Gasteiger partial charge >= 0.3 is 0 Å². The Kier molecular flexibility index (Phi) is 5.05. The number of nitrogens with zero attached hydrogens (tertiary/aromatic N) is 11. The molecule has 6 aromatic rings. The fourth-order valence-corrected chi connectivity index (χ4v) is 3.91. The molecule has 0 saturated carbocycles. The first-order valence-electron chi connectivity index (χ1n) is 10.8. The highest BCUT2D eigenvalue weighted by atomic mass is 15.5. The second kappa shape index (κ2) is 8.65. The minimum absolute atomic E-state index is 0.159. The molecule has 0 saturated heterocycles. The molecular formula is C24H16N12. The summed E-state index contributed by atoms with van der Waals surface area (Å²) in [6.07, 6.45) is 5.06. The lowest BCUT2D eigenvalue weighted by Crippen LogP contribution is -2.07. The first-order chi connectivity index (χ1) is 17.7. The highest BCUT2D eigenvalue weighted by molar-refractivity contribution is 5.91. The van der Waals surface area contributed by atoms with Crippen molar-refractivity contribution in [2.75, 3.05) is 5.73 Å².